The normalized spacial score (nSPS) is 15.6. The Hall–Kier alpha value is -1.41. The Bertz CT molecular complexity index is 576. The Morgan fingerprint density at radius 1 is 1.55 bits per heavy atom. The SMILES string of the molecule is CCOC(=O)CN(C1CC1)S(=O)(=O)Cc1cc(C)on1. The maximum atomic E-state index is 12.4. The van der Waals surface area contributed by atoms with Crippen molar-refractivity contribution in [3.63, 3.8) is 0 Å². The van der Waals surface area contributed by atoms with Crippen molar-refractivity contribution in [3.8, 4) is 0 Å². The van der Waals surface area contributed by atoms with Crippen LogP contribution in [0.2, 0.25) is 0 Å². The summed E-state index contributed by atoms with van der Waals surface area (Å²) < 4.78 is 35.6. The summed E-state index contributed by atoms with van der Waals surface area (Å²) in [5, 5.41) is 3.68. The Morgan fingerprint density at radius 3 is 2.75 bits per heavy atom. The van der Waals surface area contributed by atoms with Crippen LogP contribution in [0.15, 0.2) is 10.6 Å². The lowest BCUT2D eigenvalue weighted by Crippen LogP contribution is -2.38. The molecule has 20 heavy (non-hydrogen) atoms. The highest BCUT2D eigenvalue weighted by molar-refractivity contribution is 7.88. The molecule has 0 atom stereocenters. The van der Waals surface area contributed by atoms with Crippen LogP contribution in [-0.2, 0) is 25.3 Å². The molecule has 1 heterocycles. The molecule has 8 heteroatoms. The monoisotopic (exact) mass is 302 g/mol. The first-order chi connectivity index (χ1) is 9.42. The number of rotatable bonds is 7. The van der Waals surface area contributed by atoms with E-state index >= 15 is 0 Å². The summed E-state index contributed by atoms with van der Waals surface area (Å²) in [4.78, 5) is 11.5. The Kier molecular flexibility index (Phi) is 4.44. The number of aromatic nitrogens is 1. The fourth-order valence-corrected chi connectivity index (χ4v) is 3.55. The summed E-state index contributed by atoms with van der Waals surface area (Å²) in [5.74, 6) is -0.238. The Labute approximate surface area is 117 Å². The number of sulfonamides is 1. The maximum absolute atomic E-state index is 12.4. The van der Waals surface area contributed by atoms with Crippen molar-refractivity contribution in [1.29, 1.82) is 0 Å². The standard InChI is InChI=1S/C12H18N2O5S/c1-3-18-12(15)7-14(11-4-5-11)20(16,17)8-10-6-9(2)19-13-10/h6,11H,3-5,7-8H2,1-2H3. The molecule has 0 saturated heterocycles. The number of hydrogen-bond acceptors (Lipinski definition) is 6. The van der Waals surface area contributed by atoms with Gasteiger partial charge in [-0.2, -0.15) is 4.31 Å². The molecule has 2 rings (SSSR count). The van der Waals surface area contributed by atoms with Gasteiger partial charge in [0.2, 0.25) is 10.0 Å². The molecule has 0 unspecified atom stereocenters. The zero-order valence-electron chi connectivity index (χ0n) is 11.5. The average molecular weight is 302 g/mol. The van der Waals surface area contributed by atoms with Gasteiger partial charge in [-0.3, -0.25) is 4.79 Å². The molecule has 1 saturated carbocycles. The molecule has 1 aromatic heterocycles. The Balaban J connectivity index is 2.09. The van der Waals surface area contributed by atoms with Gasteiger partial charge >= 0.3 is 5.97 Å². The second-order valence-electron chi connectivity index (χ2n) is 4.77. The van der Waals surface area contributed by atoms with Gasteiger partial charge in [-0.1, -0.05) is 5.16 Å². The van der Waals surface area contributed by atoms with Crippen LogP contribution in [0.1, 0.15) is 31.2 Å². The molecule has 0 amide bonds. The van der Waals surface area contributed by atoms with Crippen LogP contribution in [0.25, 0.3) is 0 Å². The van der Waals surface area contributed by atoms with Gasteiger partial charge in [-0.05, 0) is 26.7 Å². The van der Waals surface area contributed by atoms with E-state index in [1.165, 1.54) is 4.31 Å². The highest BCUT2D eigenvalue weighted by atomic mass is 32.2. The lowest BCUT2D eigenvalue weighted by molar-refractivity contribution is -0.143. The zero-order valence-corrected chi connectivity index (χ0v) is 12.4. The molecule has 0 N–H and O–H groups in total. The highest BCUT2D eigenvalue weighted by Gasteiger charge is 2.39. The summed E-state index contributed by atoms with van der Waals surface area (Å²) >= 11 is 0. The molecule has 112 valence electrons. The van der Waals surface area contributed by atoms with Gasteiger partial charge in [0.1, 0.15) is 23.8 Å². The molecule has 0 spiro atoms. The molecule has 0 radical (unpaired) electrons. The molecular weight excluding hydrogens is 284 g/mol. The highest BCUT2D eigenvalue weighted by Crippen LogP contribution is 2.30. The van der Waals surface area contributed by atoms with Crippen LogP contribution in [0.3, 0.4) is 0 Å². The molecule has 0 aliphatic heterocycles. The van der Waals surface area contributed by atoms with Crippen LogP contribution in [-0.4, -0.2) is 43.0 Å². The molecule has 1 aliphatic carbocycles. The summed E-state index contributed by atoms with van der Waals surface area (Å²) in [6.07, 6.45) is 1.55. The Morgan fingerprint density at radius 2 is 2.25 bits per heavy atom. The second kappa shape index (κ2) is 5.92. The van der Waals surface area contributed by atoms with Gasteiger partial charge in [0.05, 0.1) is 6.61 Å². The minimum absolute atomic E-state index is 0.0996. The van der Waals surface area contributed by atoms with E-state index in [2.05, 4.69) is 5.16 Å². The van der Waals surface area contributed by atoms with E-state index in [9.17, 15) is 13.2 Å². The fraction of sp³-hybridized carbons (Fsp3) is 0.667. The van der Waals surface area contributed by atoms with E-state index in [1.807, 2.05) is 0 Å². The smallest absolute Gasteiger partial charge is 0.321 e. The van der Waals surface area contributed by atoms with Crippen molar-refractivity contribution in [2.45, 2.75) is 38.5 Å². The molecule has 1 aromatic rings. The third-order valence-corrected chi connectivity index (χ3v) is 4.71. The van der Waals surface area contributed by atoms with Crippen molar-refractivity contribution in [2.75, 3.05) is 13.2 Å². The van der Waals surface area contributed by atoms with Gasteiger partial charge in [-0.25, -0.2) is 8.42 Å². The second-order valence-corrected chi connectivity index (χ2v) is 6.69. The van der Waals surface area contributed by atoms with Gasteiger partial charge in [0.25, 0.3) is 0 Å². The predicted molar refractivity (Wildman–Crippen MR) is 70.2 cm³/mol. The van der Waals surface area contributed by atoms with Crippen LogP contribution < -0.4 is 0 Å². The van der Waals surface area contributed by atoms with Gasteiger partial charge in [0.15, 0.2) is 0 Å². The van der Waals surface area contributed by atoms with Crippen LogP contribution in [0, 0.1) is 6.92 Å². The number of aryl methyl sites for hydroxylation is 1. The van der Waals surface area contributed by atoms with E-state index in [1.54, 1.807) is 19.9 Å². The average Bonchev–Trinajstić information content (AvgIpc) is 3.10. The van der Waals surface area contributed by atoms with Crippen molar-refractivity contribution >= 4 is 16.0 Å². The van der Waals surface area contributed by atoms with Crippen LogP contribution in [0.5, 0.6) is 0 Å². The first-order valence-corrected chi connectivity index (χ1v) is 8.10. The van der Waals surface area contributed by atoms with Crippen LogP contribution >= 0.6 is 0 Å². The quantitative estimate of drug-likeness (QED) is 0.693. The number of esters is 1. The fourth-order valence-electron chi connectivity index (χ4n) is 1.91. The lowest BCUT2D eigenvalue weighted by atomic mass is 10.4. The lowest BCUT2D eigenvalue weighted by Gasteiger charge is -2.20. The van der Waals surface area contributed by atoms with Gasteiger partial charge in [-0.15, -0.1) is 0 Å². The molecular formula is C12H18N2O5S. The third kappa shape index (κ3) is 3.80. The van der Waals surface area contributed by atoms with Crippen molar-refractivity contribution < 1.29 is 22.5 Å². The minimum Gasteiger partial charge on any atom is -0.465 e. The summed E-state index contributed by atoms with van der Waals surface area (Å²) in [5.41, 5.74) is 0.344. The minimum atomic E-state index is -3.60. The van der Waals surface area contributed by atoms with Crippen molar-refractivity contribution in [1.82, 2.24) is 9.46 Å². The summed E-state index contributed by atoms with van der Waals surface area (Å²) in [6.45, 7) is 3.38. The number of carbonyl (C=O) groups excluding carboxylic acids is 1. The third-order valence-electron chi connectivity index (χ3n) is 2.91. The van der Waals surface area contributed by atoms with Crippen LogP contribution in [0.4, 0.5) is 0 Å². The maximum Gasteiger partial charge on any atom is 0.321 e. The molecule has 0 bridgehead atoms. The largest absolute Gasteiger partial charge is 0.465 e. The van der Waals surface area contributed by atoms with Gasteiger partial charge < -0.3 is 9.26 Å². The van der Waals surface area contributed by atoms with E-state index in [4.69, 9.17) is 9.26 Å². The zero-order chi connectivity index (χ0) is 14.8. The molecule has 1 aliphatic rings. The number of nitrogens with zero attached hydrogens (tertiary/aromatic N) is 2. The first-order valence-electron chi connectivity index (χ1n) is 6.49. The number of ether oxygens (including phenoxy) is 1. The van der Waals surface area contributed by atoms with Gasteiger partial charge in [0, 0.05) is 12.1 Å². The van der Waals surface area contributed by atoms with E-state index < -0.39 is 16.0 Å². The first kappa shape index (κ1) is 15.0. The van der Waals surface area contributed by atoms with Crippen molar-refractivity contribution in [3.05, 3.63) is 17.5 Å². The van der Waals surface area contributed by atoms with E-state index in [0.717, 1.165) is 12.8 Å². The summed E-state index contributed by atoms with van der Waals surface area (Å²) in [6, 6.07) is 1.48. The van der Waals surface area contributed by atoms with E-state index in [-0.39, 0.29) is 24.9 Å². The topological polar surface area (TPSA) is 89.7 Å². The number of carbonyl (C=O) groups is 1. The number of hydrogen-bond donors (Lipinski definition) is 0. The molecule has 0 aromatic carbocycles. The molecule has 1 fully saturated rings. The van der Waals surface area contributed by atoms with Crippen molar-refractivity contribution in [2.24, 2.45) is 0 Å². The molecule has 7 nitrogen and oxygen atoms in total. The van der Waals surface area contributed by atoms with E-state index in [0.29, 0.717) is 11.5 Å². The predicted octanol–water partition coefficient (Wildman–Crippen LogP) is 0.840. The summed E-state index contributed by atoms with van der Waals surface area (Å²) in [7, 11) is -3.60.